The van der Waals surface area contributed by atoms with Crippen molar-refractivity contribution in [3.8, 4) is 0 Å². The summed E-state index contributed by atoms with van der Waals surface area (Å²) in [6, 6.07) is 0.252. The molecule has 2 rings (SSSR count). The summed E-state index contributed by atoms with van der Waals surface area (Å²) < 4.78 is 5.41. The Morgan fingerprint density at radius 2 is 2.17 bits per heavy atom. The van der Waals surface area contributed by atoms with Gasteiger partial charge in [-0.25, -0.2) is 0 Å². The molecule has 2 aliphatic rings. The van der Waals surface area contributed by atoms with Gasteiger partial charge in [0.15, 0.2) is 0 Å². The number of hydrogen-bond donors (Lipinski definition) is 0. The predicted molar refractivity (Wildman–Crippen MR) is 71.4 cm³/mol. The average molecular weight is 252 g/mol. The lowest BCUT2D eigenvalue weighted by molar-refractivity contribution is -0.129. The fourth-order valence-corrected chi connectivity index (χ4v) is 2.59. The Morgan fingerprint density at radius 1 is 1.39 bits per heavy atom. The zero-order valence-corrected chi connectivity index (χ0v) is 11.3. The molecule has 0 aromatic carbocycles. The van der Waals surface area contributed by atoms with Crippen LogP contribution in [0.4, 0.5) is 0 Å². The minimum Gasteiger partial charge on any atom is -0.379 e. The predicted octanol–water partition coefficient (Wildman–Crippen LogP) is 1.28. The van der Waals surface area contributed by atoms with Crippen LogP contribution in [0.15, 0.2) is 12.2 Å². The lowest BCUT2D eigenvalue weighted by atomic mass is 10.1. The molecule has 0 aromatic heterocycles. The molecule has 0 N–H and O–H groups in total. The third-order valence-electron chi connectivity index (χ3n) is 3.85. The summed E-state index contributed by atoms with van der Waals surface area (Å²) in [6.45, 7) is 4.77. The SMILES string of the molecule is CN(C(=O)/C=C/CN1CCCC1)C1CCCOC1. The zero-order chi connectivity index (χ0) is 12.8. The van der Waals surface area contributed by atoms with Crippen LogP contribution >= 0.6 is 0 Å². The van der Waals surface area contributed by atoms with E-state index in [4.69, 9.17) is 4.74 Å². The quantitative estimate of drug-likeness (QED) is 0.707. The maximum atomic E-state index is 12.0. The topological polar surface area (TPSA) is 32.8 Å². The van der Waals surface area contributed by atoms with Gasteiger partial charge in [-0.15, -0.1) is 0 Å². The van der Waals surface area contributed by atoms with E-state index in [1.54, 1.807) is 6.08 Å². The van der Waals surface area contributed by atoms with E-state index >= 15 is 0 Å². The first-order valence-corrected chi connectivity index (χ1v) is 7.01. The second-order valence-electron chi connectivity index (χ2n) is 5.23. The van der Waals surface area contributed by atoms with Crippen LogP contribution in [0.25, 0.3) is 0 Å². The summed E-state index contributed by atoms with van der Waals surface area (Å²) >= 11 is 0. The zero-order valence-electron chi connectivity index (χ0n) is 11.3. The first-order chi connectivity index (χ1) is 8.77. The number of amides is 1. The van der Waals surface area contributed by atoms with Gasteiger partial charge < -0.3 is 9.64 Å². The Kier molecular flexibility index (Phi) is 5.20. The molecule has 0 aliphatic carbocycles. The molecule has 18 heavy (non-hydrogen) atoms. The summed E-state index contributed by atoms with van der Waals surface area (Å²) in [4.78, 5) is 16.2. The van der Waals surface area contributed by atoms with Crippen molar-refractivity contribution < 1.29 is 9.53 Å². The number of rotatable bonds is 4. The second kappa shape index (κ2) is 6.90. The highest BCUT2D eigenvalue weighted by Crippen LogP contribution is 2.12. The molecule has 2 saturated heterocycles. The number of carbonyl (C=O) groups excluding carboxylic acids is 1. The van der Waals surface area contributed by atoms with Gasteiger partial charge in [-0.3, -0.25) is 9.69 Å². The van der Waals surface area contributed by atoms with Crippen molar-refractivity contribution in [2.75, 3.05) is 39.9 Å². The van der Waals surface area contributed by atoms with E-state index in [1.165, 1.54) is 25.9 Å². The summed E-state index contributed by atoms with van der Waals surface area (Å²) in [7, 11) is 1.88. The van der Waals surface area contributed by atoms with Crippen LogP contribution in [0, 0.1) is 0 Å². The van der Waals surface area contributed by atoms with E-state index in [9.17, 15) is 4.79 Å². The third-order valence-corrected chi connectivity index (χ3v) is 3.85. The lowest BCUT2D eigenvalue weighted by Gasteiger charge is -2.30. The second-order valence-corrected chi connectivity index (χ2v) is 5.23. The summed E-state index contributed by atoms with van der Waals surface area (Å²) in [6.07, 6.45) is 8.41. The van der Waals surface area contributed by atoms with Gasteiger partial charge in [-0.1, -0.05) is 6.08 Å². The van der Waals surface area contributed by atoms with Crippen LogP contribution in [0.5, 0.6) is 0 Å². The molecule has 1 atom stereocenters. The van der Waals surface area contributed by atoms with Crippen molar-refractivity contribution in [1.29, 1.82) is 0 Å². The molecule has 2 aliphatic heterocycles. The summed E-state index contributed by atoms with van der Waals surface area (Å²) in [5.41, 5.74) is 0. The first-order valence-electron chi connectivity index (χ1n) is 7.01. The van der Waals surface area contributed by atoms with Crippen LogP contribution in [0.2, 0.25) is 0 Å². The monoisotopic (exact) mass is 252 g/mol. The minimum absolute atomic E-state index is 0.102. The van der Waals surface area contributed by atoms with Crippen molar-refractivity contribution in [2.45, 2.75) is 31.7 Å². The van der Waals surface area contributed by atoms with Crippen molar-refractivity contribution in [2.24, 2.45) is 0 Å². The van der Waals surface area contributed by atoms with Gasteiger partial charge in [0.1, 0.15) is 0 Å². The van der Waals surface area contributed by atoms with Gasteiger partial charge in [0, 0.05) is 26.3 Å². The maximum absolute atomic E-state index is 12.0. The molecule has 1 unspecified atom stereocenters. The maximum Gasteiger partial charge on any atom is 0.246 e. The molecule has 4 heteroatoms. The molecular formula is C14H24N2O2. The van der Waals surface area contributed by atoms with Gasteiger partial charge >= 0.3 is 0 Å². The van der Waals surface area contributed by atoms with E-state index in [-0.39, 0.29) is 11.9 Å². The third kappa shape index (κ3) is 3.82. The Labute approximate surface area is 110 Å². The number of nitrogens with zero attached hydrogens (tertiary/aromatic N) is 2. The Hall–Kier alpha value is -0.870. The van der Waals surface area contributed by atoms with E-state index in [0.717, 1.165) is 26.0 Å². The molecule has 0 spiro atoms. The summed E-state index contributed by atoms with van der Waals surface area (Å²) in [5, 5.41) is 0. The van der Waals surface area contributed by atoms with Crippen LogP contribution in [0.3, 0.4) is 0 Å². The highest BCUT2D eigenvalue weighted by atomic mass is 16.5. The molecular weight excluding hydrogens is 228 g/mol. The summed E-state index contributed by atoms with van der Waals surface area (Å²) in [5.74, 6) is 0.102. The molecule has 2 heterocycles. The number of carbonyl (C=O) groups is 1. The van der Waals surface area contributed by atoms with Crippen LogP contribution in [-0.4, -0.2) is 61.6 Å². The van der Waals surface area contributed by atoms with E-state index in [1.807, 2.05) is 18.0 Å². The van der Waals surface area contributed by atoms with E-state index in [0.29, 0.717) is 6.61 Å². The number of ether oxygens (including phenoxy) is 1. The molecule has 4 nitrogen and oxygen atoms in total. The molecule has 0 bridgehead atoms. The van der Waals surface area contributed by atoms with Crippen molar-refractivity contribution in [1.82, 2.24) is 9.80 Å². The van der Waals surface area contributed by atoms with Crippen molar-refractivity contribution in [3.63, 3.8) is 0 Å². The fourth-order valence-electron chi connectivity index (χ4n) is 2.59. The smallest absolute Gasteiger partial charge is 0.246 e. The Bertz CT molecular complexity index is 292. The molecule has 0 aromatic rings. The molecule has 0 saturated carbocycles. The van der Waals surface area contributed by atoms with Gasteiger partial charge in [-0.2, -0.15) is 0 Å². The van der Waals surface area contributed by atoms with Gasteiger partial charge in [0.05, 0.1) is 12.6 Å². The minimum atomic E-state index is 0.102. The van der Waals surface area contributed by atoms with Crippen molar-refractivity contribution in [3.05, 3.63) is 12.2 Å². The van der Waals surface area contributed by atoms with Crippen LogP contribution < -0.4 is 0 Å². The van der Waals surface area contributed by atoms with E-state index in [2.05, 4.69) is 4.90 Å². The number of likely N-dealkylation sites (tertiary alicyclic amines) is 1. The van der Waals surface area contributed by atoms with Crippen molar-refractivity contribution >= 4 is 5.91 Å². The Balaban J connectivity index is 1.73. The molecule has 2 fully saturated rings. The van der Waals surface area contributed by atoms with Gasteiger partial charge in [0.2, 0.25) is 5.91 Å². The standard InChI is InChI=1S/C14H24N2O2/c1-15(13-6-5-11-18-12-13)14(17)7-4-10-16-8-2-3-9-16/h4,7,13H,2-3,5-6,8-12H2,1H3/b7-4+. The molecule has 1 amide bonds. The number of hydrogen-bond acceptors (Lipinski definition) is 3. The van der Waals surface area contributed by atoms with Crippen LogP contribution in [0.1, 0.15) is 25.7 Å². The average Bonchev–Trinajstić information content (AvgIpc) is 2.92. The molecule has 0 radical (unpaired) electrons. The lowest BCUT2D eigenvalue weighted by Crippen LogP contribution is -2.41. The molecule has 102 valence electrons. The highest BCUT2D eigenvalue weighted by Gasteiger charge is 2.21. The highest BCUT2D eigenvalue weighted by molar-refractivity contribution is 5.87. The number of likely N-dealkylation sites (N-methyl/N-ethyl adjacent to an activating group) is 1. The van der Waals surface area contributed by atoms with Crippen LogP contribution in [-0.2, 0) is 9.53 Å². The van der Waals surface area contributed by atoms with Gasteiger partial charge in [0.25, 0.3) is 0 Å². The van der Waals surface area contributed by atoms with E-state index < -0.39 is 0 Å². The first kappa shape index (κ1) is 13.6. The largest absolute Gasteiger partial charge is 0.379 e. The van der Waals surface area contributed by atoms with Gasteiger partial charge in [-0.05, 0) is 38.8 Å². The normalized spacial score (nSPS) is 25.7. The fraction of sp³-hybridized carbons (Fsp3) is 0.786. The Morgan fingerprint density at radius 3 is 2.83 bits per heavy atom.